The Bertz CT molecular complexity index is 255. The Kier molecular flexibility index (Phi) is 2.27. The van der Waals surface area contributed by atoms with E-state index in [2.05, 4.69) is 52.2 Å². The molecule has 3 unspecified atom stereocenters. The van der Waals surface area contributed by atoms with E-state index in [1.807, 2.05) is 0 Å². The van der Waals surface area contributed by atoms with Gasteiger partial charge in [0.15, 0.2) is 0 Å². The van der Waals surface area contributed by atoms with Gasteiger partial charge in [0.1, 0.15) is 0 Å². The first kappa shape index (κ1) is 11.4. The molecule has 2 bridgehead atoms. The molecule has 0 spiro atoms. The number of hydrogen-bond donors (Lipinski definition) is 2. The van der Waals surface area contributed by atoms with Crippen LogP contribution < -0.4 is 10.6 Å². The second kappa shape index (κ2) is 2.98. The summed E-state index contributed by atoms with van der Waals surface area (Å²) in [5.41, 5.74) is 1.08. The summed E-state index contributed by atoms with van der Waals surface area (Å²) < 4.78 is 0. The Balaban J connectivity index is 2.32. The molecule has 0 aromatic carbocycles. The van der Waals surface area contributed by atoms with Gasteiger partial charge >= 0.3 is 0 Å². The molecule has 0 amide bonds. The van der Waals surface area contributed by atoms with Gasteiger partial charge in [-0.3, -0.25) is 5.32 Å². The lowest BCUT2D eigenvalue weighted by atomic mass is 9.50. The summed E-state index contributed by atoms with van der Waals surface area (Å²) in [4.78, 5) is 0. The van der Waals surface area contributed by atoms with Crippen molar-refractivity contribution in [1.82, 2.24) is 10.6 Å². The summed E-state index contributed by atoms with van der Waals surface area (Å²) in [6.45, 7) is 15.4. The molecule has 0 radical (unpaired) electrons. The molecule has 0 saturated carbocycles. The average Bonchev–Trinajstić information content (AvgIpc) is 1.99. The minimum absolute atomic E-state index is 0.348. The monoisotopic (exact) mass is 210 g/mol. The molecule has 15 heavy (non-hydrogen) atoms. The Morgan fingerprint density at radius 1 is 1.07 bits per heavy atom. The highest BCUT2D eigenvalue weighted by Crippen LogP contribution is 2.55. The lowest BCUT2D eigenvalue weighted by molar-refractivity contribution is -0.143. The second-order valence-electron chi connectivity index (χ2n) is 7.39. The van der Waals surface area contributed by atoms with E-state index < -0.39 is 0 Å². The fourth-order valence-corrected chi connectivity index (χ4v) is 3.76. The predicted octanol–water partition coefficient (Wildman–Crippen LogP) is 2.36. The zero-order valence-corrected chi connectivity index (χ0v) is 11.1. The first-order valence-corrected chi connectivity index (χ1v) is 6.20. The number of hydrogen-bond acceptors (Lipinski definition) is 2. The SMILES string of the molecule is CC(C)(C)C1C2NCCC1(C(C)(C)C)N2. The van der Waals surface area contributed by atoms with Crippen LogP contribution in [0.4, 0.5) is 0 Å². The van der Waals surface area contributed by atoms with Gasteiger partial charge in [0, 0.05) is 11.5 Å². The summed E-state index contributed by atoms with van der Waals surface area (Å²) in [7, 11) is 0. The van der Waals surface area contributed by atoms with Crippen LogP contribution in [-0.2, 0) is 0 Å². The van der Waals surface area contributed by atoms with Gasteiger partial charge in [-0.25, -0.2) is 0 Å². The van der Waals surface area contributed by atoms with Crippen LogP contribution in [0, 0.1) is 16.7 Å². The topological polar surface area (TPSA) is 24.1 Å². The lowest BCUT2D eigenvalue weighted by Crippen LogP contribution is -2.85. The maximum Gasteiger partial charge on any atom is 0.0628 e. The minimum Gasteiger partial charge on any atom is -0.302 e. The third-order valence-corrected chi connectivity index (χ3v) is 4.43. The summed E-state index contributed by atoms with van der Waals surface area (Å²) >= 11 is 0. The van der Waals surface area contributed by atoms with Crippen molar-refractivity contribution in [2.75, 3.05) is 6.54 Å². The molecule has 0 aliphatic carbocycles. The molecule has 3 saturated heterocycles. The first-order chi connectivity index (χ1) is 6.68. The van der Waals surface area contributed by atoms with E-state index in [1.165, 1.54) is 13.0 Å². The molecule has 2 N–H and O–H groups in total. The zero-order valence-electron chi connectivity index (χ0n) is 11.1. The van der Waals surface area contributed by atoms with Gasteiger partial charge in [0.25, 0.3) is 0 Å². The van der Waals surface area contributed by atoms with Crippen molar-refractivity contribution < 1.29 is 0 Å². The highest BCUT2D eigenvalue weighted by molar-refractivity contribution is 5.20. The minimum atomic E-state index is 0.348. The van der Waals surface area contributed by atoms with E-state index in [0.29, 0.717) is 22.5 Å². The Hall–Kier alpha value is -0.0800. The highest BCUT2D eigenvalue weighted by atomic mass is 15.3. The third kappa shape index (κ3) is 1.45. The number of rotatable bonds is 0. The van der Waals surface area contributed by atoms with Crippen LogP contribution in [0.2, 0.25) is 0 Å². The molecular weight excluding hydrogens is 184 g/mol. The van der Waals surface area contributed by atoms with Crippen molar-refractivity contribution in [3.63, 3.8) is 0 Å². The van der Waals surface area contributed by atoms with E-state index >= 15 is 0 Å². The van der Waals surface area contributed by atoms with E-state index in [-0.39, 0.29) is 0 Å². The van der Waals surface area contributed by atoms with Gasteiger partial charge in [-0.05, 0) is 23.8 Å². The van der Waals surface area contributed by atoms with Crippen LogP contribution in [0.15, 0.2) is 0 Å². The van der Waals surface area contributed by atoms with Gasteiger partial charge in [-0.15, -0.1) is 0 Å². The van der Waals surface area contributed by atoms with Gasteiger partial charge < -0.3 is 5.32 Å². The van der Waals surface area contributed by atoms with E-state index in [4.69, 9.17) is 0 Å². The molecule has 3 aliphatic rings. The number of fused-ring (bicyclic) bond motifs is 2. The summed E-state index contributed by atoms with van der Waals surface area (Å²) in [6.07, 6.45) is 1.80. The molecular formula is C13H26N2. The summed E-state index contributed by atoms with van der Waals surface area (Å²) in [5, 5.41) is 7.37. The van der Waals surface area contributed by atoms with Crippen molar-refractivity contribution in [1.29, 1.82) is 0 Å². The molecule has 0 aromatic heterocycles. The van der Waals surface area contributed by atoms with E-state index in [1.54, 1.807) is 0 Å². The van der Waals surface area contributed by atoms with Crippen molar-refractivity contribution >= 4 is 0 Å². The molecule has 3 fully saturated rings. The molecule has 88 valence electrons. The van der Waals surface area contributed by atoms with Gasteiger partial charge in [0.2, 0.25) is 0 Å². The van der Waals surface area contributed by atoms with Crippen LogP contribution in [0.5, 0.6) is 0 Å². The number of nitrogens with one attached hydrogen (secondary N) is 2. The summed E-state index contributed by atoms with van der Waals surface area (Å²) in [6, 6.07) is 0. The fraction of sp³-hybridized carbons (Fsp3) is 1.00. The molecule has 0 aromatic rings. The largest absolute Gasteiger partial charge is 0.302 e. The predicted molar refractivity (Wildman–Crippen MR) is 64.7 cm³/mol. The fourth-order valence-electron chi connectivity index (χ4n) is 3.76. The van der Waals surface area contributed by atoms with E-state index in [9.17, 15) is 0 Å². The molecule has 3 aliphatic heterocycles. The van der Waals surface area contributed by atoms with Crippen LogP contribution in [0.3, 0.4) is 0 Å². The standard InChI is InChI=1S/C13H26N2/c1-11(2,3)9-10-14-8-7-13(9,15-10)12(4,5)6/h9-10,14-15H,7-8H2,1-6H3. The molecule has 3 atom stereocenters. The quantitative estimate of drug-likeness (QED) is 0.641. The molecule has 2 nitrogen and oxygen atoms in total. The third-order valence-electron chi connectivity index (χ3n) is 4.43. The van der Waals surface area contributed by atoms with Crippen LogP contribution >= 0.6 is 0 Å². The maximum atomic E-state index is 3.78. The Morgan fingerprint density at radius 2 is 1.67 bits per heavy atom. The van der Waals surface area contributed by atoms with Gasteiger partial charge in [-0.2, -0.15) is 0 Å². The molecule has 3 rings (SSSR count). The van der Waals surface area contributed by atoms with E-state index in [0.717, 1.165) is 5.92 Å². The van der Waals surface area contributed by atoms with Crippen LogP contribution in [0.25, 0.3) is 0 Å². The average molecular weight is 210 g/mol. The van der Waals surface area contributed by atoms with Crippen molar-refractivity contribution in [3.05, 3.63) is 0 Å². The maximum absolute atomic E-state index is 3.78. The van der Waals surface area contributed by atoms with Crippen molar-refractivity contribution in [2.24, 2.45) is 16.7 Å². The summed E-state index contributed by atoms with van der Waals surface area (Å²) in [5.74, 6) is 0.749. The van der Waals surface area contributed by atoms with Gasteiger partial charge in [0.05, 0.1) is 6.17 Å². The van der Waals surface area contributed by atoms with Gasteiger partial charge in [-0.1, -0.05) is 41.5 Å². The zero-order chi connectivity index (χ0) is 11.5. The van der Waals surface area contributed by atoms with Crippen molar-refractivity contribution in [3.8, 4) is 0 Å². The lowest BCUT2D eigenvalue weighted by Gasteiger charge is -2.69. The van der Waals surface area contributed by atoms with Crippen LogP contribution in [0.1, 0.15) is 48.0 Å². The Morgan fingerprint density at radius 3 is 2.00 bits per heavy atom. The smallest absolute Gasteiger partial charge is 0.0628 e. The normalized spacial score (nSPS) is 41.2. The Labute approximate surface area is 94.2 Å². The highest BCUT2D eigenvalue weighted by Gasteiger charge is 2.64. The van der Waals surface area contributed by atoms with Crippen molar-refractivity contribution in [2.45, 2.75) is 59.7 Å². The van der Waals surface area contributed by atoms with Crippen LogP contribution in [-0.4, -0.2) is 18.2 Å². The molecule has 3 heterocycles. The number of piperidine rings is 1. The first-order valence-electron chi connectivity index (χ1n) is 6.20. The molecule has 2 heteroatoms. The second-order valence-corrected chi connectivity index (χ2v) is 7.39.